The molecule has 0 spiro atoms. The maximum Gasteiger partial charge on any atom is 0.586 e. The number of pyridine rings is 1. The highest BCUT2D eigenvalue weighted by molar-refractivity contribution is 6.33. The number of ether oxygens (including phenoxy) is 2. The lowest BCUT2D eigenvalue weighted by molar-refractivity contribution is -0.286. The van der Waals surface area contributed by atoms with E-state index < -0.39 is 24.5 Å². The Bertz CT molecular complexity index is 854. The molecule has 0 fully saturated rings. The molecule has 5 nitrogen and oxygen atoms in total. The predicted molar refractivity (Wildman–Crippen MR) is 84.8 cm³/mol. The minimum absolute atomic E-state index is 0.0615. The van der Waals surface area contributed by atoms with Gasteiger partial charge >= 0.3 is 6.29 Å². The summed E-state index contributed by atoms with van der Waals surface area (Å²) < 4.78 is 60.5. The van der Waals surface area contributed by atoms with Crippen molar-refractivity contribution in [2.45, 2.75) is 25.6 Å². The molecule has 0 saturated carbocycles. The summed E-state index contributed by atoms with van der Waals surface area (Å²) in [5, 5.41) is 2.36. The number of hydrogen-bond donors (Lipinski definition) is 1. The predicted octanol–water partition coefficient (Wildman–Crippen LogP) is 4.71. The van der Waals surface area contributed by atoms with Gasteiger partial charge in [0.2, 0.25) is 5.91 Å². The fourth-order valence-corrected chi connectivity index (χ4v) is 2.55. The Kier molecular flexibility index (Phi) is 4.43. The van der Waals surface area contributed by atoms with Crippen LogP contribution in [0.3, 0.4) is 0 Å². The van der Waals surface area contributed by atoms with Crippen LogP contribution in [0, 0.1) is 0 Å². The van der Waals surface area contributed by atoms with Crippen LogP contribution in [-0.2, 0) is 4.79 Å². The van der Waals surface area contributed by atoms with E-state index in [1.807, 2.05) is 0 Å². The Labute approximate surface area is 149 Å². The largest absolute Gasteiger partial charge is 0.586 e. The molecular weight excluding hydrogens is 380 g/mol. The van der Waals surface area contributed by atoms with Crippen LogP contribution in [0.1, 0.15) is 13.3 Å². The van der Waals surface area contributed by atoms with Gasteiger partial charge in [-0.1, -0.05) is 11.6 Å². The van der Waals surface area contributed by atoms with Gasteiger partial charge in [-0.2, -0.15) is 0 Å². The maximum atomic E-state index is 13.1. The van der Waals surface area contributed by atoms with Gasteiger partial charge in [0, 0.05) is 23.4 Å². The van der Waals surface area contributed by atoms with Crippen molar-refractivity contribution in [2.75, 3.05) is 5.32 Å². The van der Waals surface area contributed by atoms with Crippen molar-refractivity contribution >= 4 is 23.3 Å². The summed E-state index contributed by atoms with van der Waals surface area (Å²) in [6.07, 6.45) is -3.43. The fraction of sp³-hybridized carbons (Fsp3) is 0.250. The quantitative estimate of drug-likeness (QED) is 0.768. The second-order valence-corrected chi connectivity index (χ2v) is 6.08. The summed E-state index contributed by atoms with van der Waals surface area (Å²) in [5.74, 6) is -4.34. The summed E-state index contributed by atoms with van der Waals surface area (Å²) in [6, 6.07) is 5.32. The Morgan fingerprint density at radius 3 is 2.50 bits per heavy atom. The number of amides is 1. The number of anilines is 1. The van der Waals surface area contributed by atoms with Gasteiger partial charge in [0.1, 0.15) is 5.82 Å². The van der Waals surface area contributed by atoms with Crippen molar-refractivity contribution in [1.82, 2.24) is 4.98 Å². The van der Waals surface area contributed by atoms with Crippen LogP contribution in [0.25, 0.3) is 11.1 Å². The van der Waals surface area contributed by atoms with Crippen molar-refractivity contribution in [1.29, 1.82) is 0 Å². The molecule has 1 N–H and O–H groups in total. The van der Waals surface area contributed by atoms with Gasteiger partial charge in [-0.3, -0.25) is 4.79 Å². The van der Waals surface area contributed by atoms with E-state index in [1.165, 1.54) is 30.5 Å². The second kappa shape index (κ2) is 6.31. The van der Waals surface area contributed by atoms with Crippen LogP contribution in [0.15, 0.2) is 30.5 Å². The first-order chi connectivity index (χ1) is 12.0. The molecule has 10 heteroatoms. The third kappa shape index (κ3) is 4.16. The molecule has 0 radical (unpaired) electrons. The Morgan fingerprint density at radius 2 is 1.92 bits per heavy atom. The smallest absolute Gasteiger partial charge is 0.395 e. The van der Waals surface area contributed by atoms with Crippen molar-refractivity contribution in [2.24, 2.45) is 0 Å². The molecule has 3 rings (SSSR count). The van der Waals surface area contributed by atoms with Crippen LogP contribution in [0.4, 0.5) is 23.4 Å². The number of carbonyl (C=O) groups is 1. The molecule has 26 heavy (non-hydrogen) atoms. The summed E-state index contributed by atoms with van der Waals surface area (Å²) in [5.41, 5.74) is 0.785. The maximum absolute atomic E-state index is 13.1. The highest BCUT2D eigenvalue weighted by Gasteiger charge is 2.43. The monoisotopic (exact) mass is 390 g/mol. The molecule has 0 bridgehead atoms. The third-order valence-electron chi connectivity index (χ3n) is 3.30. The Hall–Kier alpha value is -2.55. The van der Waals surface area contributed by atoms with E-state index in [1.54, 1.807) is 0 Å². The van der Waals surface area contributed by atoms with Gasteiger partial charge in [-0.05, 0) is 25.1 Å². The standard InChI is InChI=1S/C16H11ClF4N2O3/c1-15(18,19)6-14(24)23-13-3-2-8(7-22-13)9-4-11-12(5-10(9)17)26-16(20,21)25-11/h2-5,7H,6H2,1H3,(H,22,23,24). The van der Waals surface area contributed by atoms with Crippen LogP contribution in [0.2, 0.25) is 5.02 Å². The van der Waals surface area contributed by atoms with E-state index in [0.29, 0.717) is 18.1 Å². The highest BCUT2D eigenvalue weighted by atomic mass is 35.5. The van der Waals surface area contributed by atoms with Gasteiger partial charge < -0.3 is 14.8 Å². The van der Waals surface area contributed by atoms with E-state index in [9.17, 15) is 22.4 Å². The van der Waals surface area contributed by atoms with Gasteiger partial charge in [-0.25, -0.2) is 13.8 Å². The van der Waals surface area contributed by atoms with E-state index in [0.717, 1.165) is 0 Å². The molecule has 1 aliphatic rings. The van der Waals surface area contributed by atoms with Crippen molar-refractivity contribution < 1.29 is 31.8 Å². The SMILES string of the molecule is CC(F)(F)CC(=O)Nc1ccc(-c2cc3c(cc2Cl)OC(F)(F)O3)cn1. The van der Waals surface area contributed by atoms with E-state index in [-0.39, 0.29) is 22.3 Å². The normalized spacial score (nSPS) is 15.0. The first-order valence-corrected chi connectivity index (χ1v) is 7.64. The minimum Gasteiger partial charge on any atom is -0.395 e. The molecule has 1 aromatic heterocycles. The van der Waals surface area contributed by atoms with Crippen molar-refractivity contribution in [3.63, 3.8) is 0 Å². The number of rotatable bonds is 4. The number of alkyl halides is 4. The number of fused-ring (bicyclic) bond motifs is 1. The number of hydrogen-bond acceptors (Lipinski definition) is 4. The number of halogens is 5. The summed E-state index contributed by atoms with van der Waals surface area (Å²) in [4.78, 5) is 15.4. The Morgan fingerprint density at radius 1 is 1.27 bits per heavy atom. The zero-order valence-corrected chi connectivity index (χ0v) is 13.9. The zero-order chi connectivity index (χ0) is 19.1. The molecule has 0 unspecified atom stereocenters. The van der Waals surface area contributed by atoms with Gasteiger partial charge in [0.25, 0.3) is 5.92 Å². The summed E-state index contributed by atoms with van der Waals surface area (Å²) >= 11 is 6.07. The molecule has 1 aliphatic heterocycles. The lowest BCUT2D eigenvalue weighted by Crippen LogP contribution is -2.25. The average Bonchev–Trinajstić information content (AvgIpc) is 2.78. The van der Waals surface area contributed by atoms with Crippen molar-refractivity contribution in [3.05, 3.63) is 35.5 Å². The summed E-state index contributed by atoms with van der Waals surface area (Å²) in [6.45, 7) is 0.633. The summed E-state index contributed by atoms with van der Waals surface area (Å²) in [7, 11) is 0. The number of nitrogens with one attached hydrogen (secondary N) is 1. The molecule has 2 aromatic rings. The van der Waals surface area contributed by atoms with Crippen LogP contribution in [0.5, 0.6) is 11.5 Å². The second-order valence-electron chi connectivity index (χ2n) is 5.67. The number of carbonyl (C=O) groups excluding carboxylic acids is 1. The van der Waals surface area contributed by atoms with E-state index in [2.05, 4.69) is 19.8 Å². The minimum atomic E-state index is -3.77. The lowest BCUT2D eigenvalue weighted by Gasteiger charge is -2.10. The average molecular weight is 391 g/mol. The van der Waals surface area contributed by atoms with Crippen LogP contribution in [-0.4, -0.2) is 23.1 Å². The number of aromatic nitrogens is 1. The molecule has 0 atom stereocenters. The van der Waals surface area contributed by atoms with Gasteiger partial charge in [0.15, 0.2) is 11.5 Å². The zero-order valence-electron chi connectivity index (χ0n) is 13.2. The molecule has 1 amide bonds. The van der Waals surface area contributed by atoms with Gasteiger partial charge in [0.05, 0.1) is 11.4 Å². The third-order valence-corrected chi connectivity index (χ3v) is 3.62. The Balaban J connectivity index is 1.79. The first kappa shape index (κ1) is 18.2. The fourth-order valence-electron chi connectivity index (χ4n) is 2.29. The number of nitrogens with zero attached hydrogens (tertiary/aromatic N) is 1. The molecular formula is C16H11ClF4N2O3. The van der Waals surface area contributed by atoms with E-state index in [4.69, 9.17) is 11.6 Å². The van der Waals surface area contributed by atoms with Crippen molar-refractivity contribution in [3.8, 4) is 22.6 Å². The topological polar surface area (TPSA) is 60.5 Å². The lowest BCUT2D eigenvalue weighted by atomic mass is 10.1. The molecule has 1 aromatic carbocycles. The molecule has 138 valence electrons. The first-order valence-electron chi connectivity index (χ1n) is 7.26. The molecule has 0 aliphatic carbocycles. The molecule has 0 saturated heterocycles. The van der Waals surface area contributed by atoms with Gasteiger partial charge in [-0.15, -0.1) is 8.78 Å². The highest BCUT2D eigenvalue weighted by Crippen LogP contribution is 2.45. The van der Waals surface area contributed by atoms with Crippen LogP contribution >= 0.6 is 11.6 Å². The van der Waals surface area contributed by atoms with E-state index >= 15 is 0 Å². The molecule has 2 heterocycles. The van der Waals surface area contributed by atoms with Crippen LogP contribution < -0.4 is 14.8 Å². The number of benzene rings is 1.